The van der Waals surface area contributed by atoms with Crippen LogP contribution >= 0.6 is 0 Å². The number of benzene rings is 1. The van der Waals surface area contributed by atoms with Gasteiger partial charge in [-0.15, -0.1) is 0 Å². The molecule has 0 saturated carbocycles. The first-order valence-electron chi connectivity index (χ1n) is 8.26. The Labute approximate surface area is 143 Å². The van der Waals surface area contributed by atoms with Crippen molar-refractivity contribution in [2.45, 2.75) is 39.2 Å². The van der Waals surface area contributed by atoms with Gasteiger partial charge in [-0.1, -0.05) is 31.1 Å². The lowest BCUT2D eigenvalue weighted by Gasteiger charge is -2.10. The minimum absolute atomic E-state index is 0.300. The maximum absolute atomic E-state index is 9.27. The van der Waals surface area contributed by atoms with E-state index in [2.05, 4.69) is 34.6 Å². The fraction of sp³-hybridized carbons (Fsp3) is 0.444. The summed E-state index contributed by atoms with van der Waals surface area (Å²) in [6.45, 7) is 5.54. The topological polar surface area (TPSA) is 82.7 Å². The molecule has 0 unspecified atom stereocenters. The summed E-state index contributed by atoms with van der Waals surface area (Å²) in [6.07, 6.45) is 1.93. The fourth-order valence-electron chi connectivity index (χ4n) is 2.24. The Bertz CT molecular complexity index is 647. The number of phenolic OH excluding ortho intramolecular Hbond substituents is 1. The number of rotatable bonds is 7. The van der Waals surface area contributed by atoms with E-state index < -0.39 is 0 Å². The lowest BCUT2D eigenvalue weighted by molar-refractivity contribution is 0.372. The van der Waals surface area contributed by atoms with Crippen molar-refractivity contribution < 1.29 is 9.63 Å². The molecular weight excluding hydrogens is 304 g/mol. The van der Waals surface area contributed by atoms with Gasteiger partial charge in [0.1, 0.15) is 5.75 Å². The highest BCUT2D eigenvalue weighted by Crippen LogP contribution is 2.13. The van der Waals surface area contributed by atoms with Gasteiger partial charge in [-0.3, -0.25) is 4.99 Å². The Morgan fingerprint density at radius 3 is 2.62 bits per heavy atom. The van der Waals surface area contributed by atoms with Crippen LogP contribution in [0.25, 0.3) is 0 Å². The third kappa shape index (κ3) is 5.61. The summed E-state index contributed by atoms with van der Waals surface area (Å²) < 4.78 is 5.30. The Hall–Kier alpha value is -2.50. The molecule has 0 fully saturated rings. The van der Waals surface area contributed by atoms with Crippen molar-refractivity contribution in [1.82, 2.24) is 15.8 Å². The minimum Gasteiger partial charge on any atom is -0.508 e. The minimum atomic E-state index is 0.300. The van der Waals surface area contributed by atoms with Crippen LogP contribution in [0.2, 0.25) is 0 Å². The molecule has 6 nitrogen and oxygen atoms in total. The van der Waals surface area contributed by atoms with Gasteiger partial charge in [-0.25, -0.2) is 0 Å². The van der Waals surface area contributed by atoms with Crippen LogP contribution in [0, 0.1) is 0 Å². The third-order valence-electron chi connectivity index (χ3n) is 3.69. The van der Waals surface area contributed by atoms with Crippen molar-refractivity contribution in [3.8, 4) is 5.75 Å². The van der Waals surface area contributed by atoms with Crippen LogP contribution in [0.1, 0.15) is 43.2 Å². The molecular formula is C18H26N4O2. The molecule has 3 N–H and O–H groups in total. The molecule has 2 aromatic rings. The molecule has 0 aliphatic heterocycles. The zero-order chi connectivity index (χ0) is 17.4. The van der Waals surface area contributed by atoms with Gasteiger partial charge in [0.25, 0.3) is 0 Å². The molecule has 0 aliphatic rings. The number of nitrogens with zero attached hydrogens (tertiary/aromatic N) is 2. The largest absolute Gasteiger partial charge is 0.508 e. The van der Waals surface area contributed by atoms with Crippen LogP contribution in [-0.2, 0) is 13.0 Å². The van der Waals surface area contributed by atoms with Crippen LogP contribution in [0.5, 0.6) is 5.75 Å². The van der Waals surface area contributed by atoms with Crippen molar-refractivity contribution in [2.24, 2.45) is 4.99 Å². The normalized spacial score (nSPS) is 11.8. The summed E-state index contributed by atoms with van der Waals surface area (Å²) in [4.78, 5) is 4.20. The number of nitrogens with one attached hydrogen (secondary N) is 2. The number of aromatic nitrogens is 1. The van der Waals surface area contributed by atoms with E-state index in [0.29, 0.717) is 18.2 Å². The molecule has 0 radical (unpaired) electrons. The molecule has 1 heterocycles. The first-order valence-corrected chi connectivity index (χ1v) is 8.26. The highest BCUT2D eigenvalue weighted by Gasteiger charge is 2.08. The molecule has 1 aromatic heterocycles. The van der Waals surface area contributed by atoms with Crippen molar-refractivity contribution in [3.05, 3.63) is 47.3 Å². The maximum Gasteiger partial charge on any atom is 0.191 e. The first kappa shape index (κ1) is 17.8. The second-order valence-corrected chi connectivity index (χ2v) is 6.00. The van der Waals surface area contributed by atoms with E-state index in [-0.39, 0.29) is 0 Å². The number of aromatic hydroxyl groups is 1. The summed E-state index contributed by atoms with van der Waals surface area (Å²) in [5.74, 6) is 2.20. The van der Waals surface area contributed by atoms with Crippen molar-refractivity contribution >= 4 is 5.96 Å². The summed E-state index contributed by atoms with van der Waals surface area (Å²) in [5.41, 5.74) is 2.17. The van der Waals surface area contributed by atoms with Gasteiger partial charge in [0.2, 0.25) is 0 Å². The number of hydrogen-bond acceptors (Lipinski definition) is 4. The van der Waals surface area contributed by atoms with Crippen LogP contribution in [-0.4, -0.2) is 29.8 Å². The summed E-state index contributed by atoms with van der Waals surface area (Å²) in [5, 5.41) is 19.8. The molecule has 0 atom stereocenters. The van der Waals surface area contributed by atoms with Gasteiger partial charge in [-0.05, 0) is 36.5 Å². The van der Waals surface area contributed by atoms with Gasteiger partial charge in [0.15, 0.2) is 11.7 Å². The molecule has 0 bridgehead atoms. The summed E-state index contributed by atoms with van der Waals surface area (Å²) >= 11 is 0. The highest BCUT2D eigenvalue weighted by atomic mass is 16.5. The molecule has 0 saturated heterocycles. The molecule has 0 amide bonds. The number of aryl methyl sites for hydroxylation is 1. The zero-order valence-corrected chi connectivity index (χ0v) is 14.5. The van der Waals surface area contributed by atoms with Crippen LogP contribution in [0.3, 0.4) is 0 Å². The average Bonchev–Trinajstić information content (AvgIpc) is 3.05. The lowest BCUT2D eigenvalue weighted by atomic mass is 10.1. The number of hydrogen-bond donors (Lipinski definition) is 3. The quantitative estimate of drug-likeness (QED) is 0.413. The Morgan fingerprint density at radius 1 is 1.25 bits per heavy atom. The number of phenols is 1. The van der Waals surface area contributed by atoms with E-state index in [0.717, 1.165) is 36.8 Å². The van der Waals surface area contributed by atoms with Crippen LogP contribution < -0.4 is 10.6 Å². The van der Waals surface area contributed by atoms with Gasteiger partial charge >= 0.3 is 0 Å². The predicted octanol–water partition coefficient (Wildman–Crippen LogP) is 2.80. The fourth-order valence-corrected chi connectivity index (χ4v) is 2.24. The summed E-state index contributed by atoms with van der Waals surface area (Å²) in [6, 6.07) is 9.28. The van der Waals surface area contributed by atoms with Gasteiger partial charge in [0.05, 0.1) is 12.2 Å². The average molecular weight is 330 g/mol. The number of aliphatic imine (C=N–C) groups is 1. The van der Waals surface area contributed by atoms with Crippen LogP contribution in [0.15, 0.2) is 39.8 Å². The van der Waals surface area contributed by atoms with E-state index in [1.54, 1.807) is 19.2 Å². The lowest BCUT2D eigenvalue weighted by Crippen LogP contribution is -2.37. The van der Waals surface area contributed by atoms with Crippen molar-refractivity contribution in [1.29, 1.82) is 0 Å². The molecule has 0 spiro atoms. The zero-order valence-electron chi connectivity index (χ0n) is 14.5. The molecule has 2 rings (SSSR count). The second-order valence-electron chi connectivity index (χ2n) is 6.00. The maximum atomic E-state index is 9.27. The SMILES string of the molecule is CN=C(NCCCc1ccc(O)cc1)NCc1cc(C(C)C)no1. The first-order chi connectivity index (χ1) is 11.6. The highest BCUT2D eigenvalue weighted by molar-refractivity contribution is 5.79. The molecule has 6 heteroatoms. The molecule has 0 aliphatic carbocycles. The van der Waals surface area contributed by atoms with E-state index in [9.17, 15) is 5.11 Å². The van der Waals surface area contributed by atoms with E-state index in [4.69, 9.17) is 4.52 Å². The van der Waals surface area contributed by atoms with E-state index in [1.807, 2.05) is 18.2 Å². The van der Waals surface area contributed by atoms with Gasteiger partial charge < -0.3 is 20.3 Å². The molecule has 1 aromatic carbocycles. The Balaban J connectivity index is 1.69. The summed E-state index contributed by atoms with van der Waals surface area (Å²) in [7, 11) is 1.75. The van der Waals surface area contributed by atoms with Gasteiger partial charge in [-0.2, -0.15) is 0 Å². The Kier molecular flexibility index (Phi) is 6.66. The standard InChI is InChI=1S/C18H26N4O2/c1-13(2)17-11-16(24-22-17)12-21-18(19-3)20-10-4-5-14-6-8-15(23)9-7-14/h6-9,11,13,23H,4-5,10,12H2,1-3H3,(H2,19,20,21). The molecule has 130 valence electrons. The second kappa shape index (κ2) is 8.96. The van der Waals surface area contributed by atoms with E-state index in [1.165, 1.54) is 5.56 Å². The smallest absolute Gasteiger partial charge is 0.191 e. The third-order valence-corrected chi connectivity index (χ3v) is 3.69. The Morgan fingerprint density at radius 2 is 2.00 bits per heavy atom. The molecule has 24 heavy (non-hydrogen) atoms. The predicted molar refractivity (Wildman–Crippen MR) is 95.2 cm³/mol. The van der Waals surface area contributed by atoms with Crippen molar-refractivity contribution in [3.63, 3.8) is 0 Å². The van der Waals surface area contributed by atoms with Crippen molar-refractivity contribution in [2.75, 3.05) is 13.6 Å². The monoisotopic (exact) mass is 330 g/mol. The van der Waals surface area contributed by atoms with Gasteiger partial charge in [0, 0.05) is 19.7 Å². The number of guanidine groups is 1. The van der Waals surface area contributed by atoms with E-state index >= 15 is 0 Å². The van der Waals surface area contributed by atoms with Crippen LogP contribution in [0.4, 0.5) is 0 Å².